The van der Waals surface area contributed by atoms with Gasteiger partial charge >= 0.3 is 8.80 Å². The predicted octanol–water partition coefficient (Wildman–Crippen LogP) is 3.73. The van der Waals surface area contributed by atoms with Gasteiger partial charge in [0.05, 0.1) is 0 Å². The fourth-order valence-corrected chi connectivity index (χ4v) is 8.78. The molecule has 0 aliphatic carbocycles. The molecule has 0 aromatic rings. The number of hydrogen-bond acceptors (Lipinski definition) is 4. The molecule has 0 N–H and O–H groups in total. The summed E-state index contributed by atoms with van der Waals surface area (Å²) in [6.07, 6.45) is 3.91. The summed E-state index contributed by atoms with van der Waals surface area (Å²) in [5.41, 5.74) is 0. The third-order valence-electron chi connectivity index (χ3n) is 4.33. The van der Waals surface area contributed by atoms with E-state index >= 15 is 0 Å². The number of nitrogens with zero attached hydrogens (tertiary/aromatic N) is 1. The van der Waals surface area contributed by atoms with Gasteiger partial charge in [-0.1, -0.05) is 19.5 Å². The first-order chi connectivity index (χ1) is 9.99. The molecule has 0 spiro atoms. The topological polar surface area (TPSA) is 30.9 Å². The van der Waals surface area contributed by atoms with Crippen LogP contribution in [0.4, 0.5) is 0 Å². The monoisotopic (exact) mass is 333 g/mol. The molecule has 0 unspecified atom stereocenters. The van der Waals surface area contributed by atoms with Crippen molar-refractivity contribution in [3.8, 4) is 0 Å². The first kappa shape index (κ1) is 19.3. The van der Waals surface area contributed by atoms with Gasteiger partial charge in [-0.2, -0.15) is 0 Å². The van der Waals surface area contributed by atoms with Gasteiger partial charge in [-0.05, 0) is 52.7 Å². The van der Waals surface area contributed by atoms with Gasteiger partial charge in [0.15, 0.2) is 0 Å². The van der Waals surface area contributed by atoms with Crippen LogP contribution in [0.3, 0.4) is 0 Å². The second-order valence-corrected chi connectivity index (χ2v) is 13.8. The Morgan fingerprint density at radius 2 is 1.52 bits per heavy atom. The van der Waals surface area contributed by atoms with Crippen LogP contribution in [0.5, 0.6) is 0 Å². The third kappa shape index (κ3) is 6.11. The minimum Gasteiger partial charge on any atom is -0.374 e. The van der Waals surface area contributed by atoms with E-state index in [1.807, 2.05) is 20.8 Å². The summed E-state index contributed by atoms with van der Waals surface area (Å²) < 4.78 is 20.6. The largest absolute Gasteiger partial charge is 0.500 e. The van der Waals surface area contributed by atoms with Gasteiger partial charge < -0.3 is 17.8 Å². The Hall–Kier alpha value is 0.274. The van der Waals surface area contributed by atoms with E-state index in [1.165, 1.54) is 32.0 Å². The first-order valence-corrected chi connectivity index (χ1v) is 13.7. The lowest BCUT2D eigenvalue weighted by molar-refractivity contribution is 0.0703. The molecule has 0 bridgehead atoms. The first-order valence-electron chi connectivity index (χ1n) is 8.66. The van der Waals surface area contributed by atoms with Crippen LogP contribution in [-0.4, -0.2) is 54.5 Å². The summed E-state index contributed by atoms with van der Waals surface area (Å²) in [6, 6.07) is 2.39. The summed E-state index contributed by atoms with van der Waals surface area (Å²) in [6.45, 7) is 15.6. The molecule has 1 aliphatic rings. The Morgan fingerprint density at radius 3 is 2.00 bits per heavy atom. The molecular formula is C15H35NO3Si2. The minimum absolute atomic E-state index is 0.677. The lowest BCUT2D eigenvalue weighted by Gasteiger charge is -2.41. The van der Waals surface area contributed by atoms with E-state index in [0.717, 1.165) is 12.5 Å². The van der Waals surface area contributed by atoms with Crippen molar-refractivity contribution in [3.05, 3.63) is 0 Å². The molecule has 1 fully saturated rings. The maximum absolute atomic E-state index is 5.94. The maximum atomic E-state index is 5.94. The van der Waals surface area contributed by atoms with Crippen molar-refractivity contribution in [2.45, 2.75) is 65.2 Å². The lowest BCUT2D eigenvalue weighted by Crippen LogP contribution is -2.52. The summed E-state index contributed by atoms with van der Waals surface area (Å²) in [7, 11) is -3.58. The third-order valence-corrected chi connectivity index (χ3v) is 11.2. The second kappa shape index (κ2) is 9.42. The van der Waals surface area contributed by atoms with Gasteiger partial charge in [-0.3, -0.25) is 0 Å². The van der Waals surface area contributed by atoms with Gasteiger partial charge in [0.25, 0.3) is 0 Å². The van der Waals surface area contributed by atoms with Crippen molar-refractivity contribution < 1.29 is 13.3 Å². The van der Waals surface area contributed by atoms with Crippen molar-refractivity contribution >= 4 is 17.0 Å². The Morgan fingerprint density at radius 1 is 0.952 bits per heavy atom. The Balaban J connectivity index is 2.51. The zero-order valence-corrected chi connectivity index (χ0v) is 16.7. The van der Waals surface area contributed by atoms with Crippen LogP contribution in [0.2, 0.25) is 25.2 Å². The molecule has 0 radical (unpaired) electrons. The molecular weight excluding hydrogens is 298 g/mol. The fourth-order valence-electron chi connectivity index (χ4n) is 3.22. The highest BCUT2D eigenvalue weighted by Gasteiger charge is 2.40. The van der Waals surface area contributed by atoms with E-state index < -0.39 is 17.0 Å². The molecule has 0 amide bonds. The SMILES string of the molecule is CCO[Si](CCCN1CCCC[Si]1(C)C)(OCC)OCC. The molecule has 0 aromatic carbocycles. The quantitative estimate of drug-likeness (QED) is 0.570. The average Bonchev–Trinajstić information content (AvgIpc) is 2.41. The van der Waals surface area contributed by atoms with Crippen LogP contribution >= 0.6 is 0 Å². The summed E-state index contributed by atoms with van der Waals surface area (Å²) in [5, 5.41) is 0. The number of hydrogen-bond donors (Lipinski definition) is 0. The van der Waals surface area contributed by atoms with Gasteiger partial charge in [0.2, 0.25) is 0 Å². The summed E-state index contributed by atoms with van der Waals surface area (Å²) in [4.78, 5) is 0. The standard InChI is InChI=1S/C15H35NO3Si2/c1-6-17-21(18-7-2,19-8-3)15-11-13-16-12-9-10-14-20(16,4)5/h6-15H2,1-5H3. The van der Waals surface area contributed by atoms with Crippen LogP contribution < -0.4 is 0 Å². The molecule has 1 saturated heterocycles. The van der Waals surface area contributed by atoms with Crippen molar-refractivity contribution in [3.63, 3.8) is 0 Å². The normalized spacial score (nSPS) is 19.9. The van der Waals surface area contributed by atoms with Crippen LogP contribution in [0.25, 0.3) is 0 Å². The van der Waals surface area contributed by atoms with E-state index in [9.17, 15) is 0 Å². The Bertz CT molecular complexity index is 273. The molecule has 21 heavy (non-hydrogen) atoms. The van der Waals surface area contributed by atoms with Crippen molar-refractivity contribution in [2.24, 2.45) is 0 Å². The zero-order chi connectivity index (χ0) is 15.8. The fraction of sp³-hybridized carbons (Fsp3) is 1.00. The highest BCUT2D eigenvalue weighted by Crippen LogP contribution is 2.26. The van der Waals surface area contributed by atoms with Crippen LogP contribution in [-0.2, 0) is 13.3 Å². The van der Waals surface area contributed by atoms with Crippen molar-refractivity contribution in [1.82, 2.24) is 4.57 Å². The Labute approximate surface area is 133 Å². The van der Waals surface area contributed by atoms with Crippen LogP contribution in [0.1, 0.15) is 40.0 Å². The smallest absolute Gasteiger partial charge is 0.374 e. The van der Waals surface area contributed by atoms with Gasteiger partial charge in [0.1, 0.15) is 8.24 Å². The zero-order valence-electron chi connectivity index (χ0n) is 14.7. The Kier molecular flexibility index (Phi) is 8.67. The van der Waals surface area contributed by atoms with E-state index in [1.54, 1.807) is 0 Å². The van der Waals surface area contributed by atoms with Crippen LogP contribution in [0, 0.1) is 0 Å². The minimum atomic E-state index is -2.44. The highest BCUT2D eigenvalue weighted by atomic mass is 28.4. The average molecular weight is 334 g/mol. The highest BCUT2D eigenvalue weighted by molar-refractivity contribution is 6.74. The van der Waals surface area contributed by atoms with E-state index in [0.29, 0.717) is 19.8 Å². The van der Waals surface area contributed by atoms with E-state index in [2.05, 4.69) is 17.7 Å². The van der Waals surface area contributed by atoms with Gasteiger partial charge in [-0.25, -0.2) is 0 Å². The molecule has 1 rings (SSSR count). The van der Waals surface area contributed by atoms with Gasteiger partial charge in [-0.15, -0.1) is 0 Å². The van der Waals surface area contributed by atoms with E-state index in [-0.39, 0.29) is 0 Å². The van der Waals surface area contributed by atoms with Crippen molar-refractivity contribution in [2.75, 3.05) is 32.9 Å². The van der Waals surface area contributed by atoms with Gasteiger partial charge in [0, 0.05) is 25.9 Å². The molecule has 0 atom stereocenters. The predicted molar refractivity (Wildman–Crippen MR) is 93.2 cm³/mol. The van der Waals surface area contributed by atoms with E-state index in [4.69, 9.17) is 13.3 Å². The second-order valence-electron chi connectivity index (χ2n) is 6.34. The molecule has 1 heterocycles. The number of rotatable bonds is 10. The summed E-state index contributed by atoms with van der Waals surface area (Å²) in [5.74, 6) is 0. The molecule has 6 heteroatoms. The molecule has 126 valence electrons. The van der Waals surface area contributed by atoms with Crippen LogP contribution in [0.15, 0.2) is 0 Å². The molecule has 4 nitrogen and oxygen atoms in total. The molecule has 1 aliphatic heterocycles. The van der Waals surface area contributed by atoms with Crippen molar-refractivity contribution in [1.29, 1.82) is 0 Å². The molecule has 0 aromatic heterocycles. The maximum Gasteiger partial charge on any atom is 0.500 e. The lowest BCUT2D eigenvalue weighted by atomic mass is 10.3. The molecule has 0 saturated carbocycles. The summed E-state index contributed by atoms with van der Waals surface area (Å²) >= 11 is 0.